The van der Waals surface area contributed by atoms with Gasteiger partial charge in [-0.15, -0.1) is 0 Å². The van der Waals surface area contributed by atoms with E-state index in [1.165, 1.54) is 7.11 Å². The summed E-state index contributed by atoms with van der Waals surface area (Å²) >= 11 is 5.99. The highest BCUT2D eigenvalue weighted by molar-refractivity contribution is 6.31. The summed E-state index contributed by atoms with van der Waals surface area (Å²) in [6.07, 6.45) is 2.68. The molecule has 5 nitrogen and oxygen atoms in total. The first-order valence-electron chi connectivity index (χ1n) is 7.51. The Morgan fingerprint density at radius 2 is 2.18 bits per heavy atom. The Hall–Kier alpha value is -1.59. The molecule has 0 radical (unpaired) electrons. The summed E-state index contributed by atoms with van der Waals surface area (Å²) < 4.78 is 4.84. The average Bonchev–Trinajstić information content (AvgIpc) is 3.28. The van der Waals surface area contributed by atoms with E-state index in [4.69, 9.17) is 16.3 Å². The second-order valence-corrected chi connectivity index (χ2v) is 6.25. The Morgan fingerprint density at radius 3 is 2.82 bits per heavy atom. The fourth-order valence-corrected chi connectivity index (χ4v) is 3.09. The number of benzene rings is 1. The molecule has 2 fully saturated rings. The van der Waals surface area contributed by atoms with Crippen LogP contribution in [0.3, 0.4) is 0 Å². The fourth-order valence-electron chi connectivity index (χ4n) is 2.90. The second kappa shape index (κ2) is 6.26. The van der Waals surface area contributed by atoms with Crippen LogP contribution in [0.5, 0.6) is 0 Å². The van der Waals surface area contributed by atoms with Crippen molar-refractivity contribution in [2.24, 2.45) is 5.92 Å². The van der Waals surface area contributed by atoms with Gasteiger partial charge in [0.25, 0.3) is 0 Å². The first kappa shape index (κ1) is 15.3. The maximum atomic E-state index is 12.6. The van der Waals surface area contributed by atoms with Crippen molar-refractivity contribution in [2.45, 2.75) is 31.3 Å². The van der Waals surface area contributed by atoms with E-state index in [-0.39, 0.29) is 24.0 Å². The molecule has 0 bridgehead atoms. The van der Waals surface area contributed by atoms with Gasteiger partial charge in [-0.05, 0) is 43.4 Å². The summed E-state index contributed by atoms with van der Waals surface area (Å²) in [5.74, 6) is -0.00575. The summed E-state index contributed by atoms with van der Waals surface area (Å²) in [4.78, 5) is 26.1. The van der Waals surface area contributed by atoms with Crippen molar-refractivity contribution < 1.29 is 14.3 Å². The monoisotopic (exact) mass is 322 g/mol. The number of hydrogen-bond donors (Lipinski definition) is 1. The number of esters is 1. The largest absolute Gasteiger partial charge is 0.468 e. The highest BCUT2D eigenvalue weighted by Crippen LogP contribution is 2.34. The third-order valence-electron chi connectivity index (χ3n) is 4.25. The molecule has 1 N–H and O–H groups in total. The predicted molar refractivity (Wildman–Crippen MR) is 83.9 cm³/mol. The Morgan fingerprint density at radius 1 is 1.41 bits per heavy atom. The lowest BCUT2D eigenvalue weighted by Crippen LogP contribution is -2.48. The molecule has 1 saturated carbocycles. The molecule has 0 aromatic heterocycles. The van der Waals surface area contributed by atoms with Crippen LogP contribution < -0.4 is 10.2 Å². The van der Waals surface area contributed by atoms with Gasteiger partial charge in [-0.1, -0.05) is 17.7 Å². The smallest absolute Gasteiger partial charge is 0.323 e. The number of nitrogens with zero attached hydrogens (tertiary/aromatic N) is 1. The normalized spacial score (nSPS) is 22.7. The van der Waals surface area contributed by atoms with Crippen molar-refractivity contribution in [2.75, 3.05) is 18.6 Å². The SMILES string of the molecule is COC(=O)[C@@H](N[C@H]1CCN(c2cccc(Cl)c2)C1=O)C1CC1. The number of methoxy groups -OCH3 is 1. The predicted octanol–water partition coefficient (Wildman–Crippen LogP) is 1.99. The first-order chi connectivity index (χ1) is 10.6. The van der Waals surface area contributed by atoms with E-state index in [2.05, 4.69) is 5.32 Å². The Balaban J connectivity index is 1.69. The number of ether oxygens (including phenoxy) is 1. The fraction of sp³-hybridized carbons (Fsp3) is 0.500. The number of amides is 1. The van der Waals surface area contributed by atoms with Crippen LogP contribution in [-0.2, 0) is 14.3 Å². The molecule has 1 amide bonds. The molecular weight excluding hydrogens is 304 g/mol. The minimum Gasteiger partial charge on any atom is -0.468 e. The summed E-state index contributed by atoms with van der Waals surface area (Å²) in [7, 11) is 1.38. The van der Waals surface area contributed by atoms with E-state index >= 15 is 0 Å². The van der Waals surface area contributed by atoms with Crippen LogP contribution in [0.15, 0.2) is 24.3 Å². The van der Waals surface area contributed by atoms with Gasteiger partial charge in [-0.2, -0.15) is 0 Å². The van der Waals surface area contributed by atoms with Crippen molar-refractivity contribution in [3.63, 3.8) is 0 Å². The zero-order chi connectivity index (χ0) is 15.7. The third-order valence-corrected chi connectivity index (χ3v) is 4.49. The second-order valence-electron chi connectivity index (χ2n) is 5.82. The van der Waals surface area contributed by atoms with Crippen molar-refractivity contribution in [3.8, 4) is 0 Å². The molecule has 2 atom stereocenters. The van der Waals surface area contributed by atoms with E-state index in [9.17, 15) is 9.59 Å². The highest BCUT2D eigenvalue weighted by Gasteiger charge is 2.42. The lowest BCUT2D eigenvalue weighted by molar-refractivity contribution is -0.144. The molecule has 2 aliphatic rings. The molecule has 1 aromatic carbocycles. The van der Waals surface area contributed by atoms with E-state index in [1.807, 2.05) is 12.1 Å². The van der Waals surface area contributed by atoms with Crippen LogP contribution >= 0.6 is 11.6 Å². The van der Waals surface area contributed by atoms with Crippen molar-refractivity contribution in [1.82, 2.24) is 5.32 Å². The van der Waals surface area contributed by atoms with Gasteiger partial charge in [0, 0.05) is 17.3 Å². The minimum absolute atomic E-state index is 0.0168. The molecule has 1 aromatic rings. The summed E-state index contributed by atoms with van der Waals surface area (Å²) in [6.45, 7) is 0.620. The van der Waals surface area contributed by atoms with Crippen LogP contribution in [0.2, 0.25) is 5.02 Å². The number of carbonyl (C=O) groups excluding carboxylic acids is 2. The van der Waals surface area contributed by atoms with Gasteiger partial charge in [0.05, 0.1) is 13.2 Å². The van der Waals surface area contributed by atoms with Crippen LogP contribution in [-0.4, -0.2) is 37.6 Å². The summed E-state index contributed by atoms with van der Waals surface area (Å²) in [5.41, 5.74) is 0.794. The van der Waals surface area contributed by atoms with Gasteiger partial charge < -0.3 is 9.64 Å². The van der Waals surface area contributed by atoms with Crippen molar-refractivity contribution in [1.29, 1.82) is 0 Å². The number of halogens is 1. The number of anilines is 1. The topological polar surface area (TPSA) is 58.6 Å². The molecule has 1 aliphatic heterocycles. The molecule has 0 spiro atoms. The summed E-state index contributed by atoms with van der Waals surface area (Å²) in [5, 5.41) is 3.80. The zero-order valence-electron chi connectivity index (χ0n) is 12.4. The highest BCUT2D eigenvalue weighted by atomic mass is 35.5. The number of rotatable bonds is 5. The molecule has 0 unspecified atom stereocenters. The van der Waals surface area contributed by atoms with Crippen LogP contribution in [0.25, 0.3) is 0 Å². The number of nitrogens with one attached hydrogen (secondary N) is 1. The molecule has 3 rings (SSSR count). The first-order valence-corrected chi connectivity index (χ1v) is 7.89. The van der Waals surface area contributed by atoms with Gasteiger partial charge in [-0.3, -0.25) is 14.9 Å². The number of carbonyl (C=O) groups is 2. The maximum absolute atomic E-state index is 12.6. The average molecular weight is 323 g/mol. The van der Waals surface area contributed by atoms with Gasteiger partial charge >= 0.3 is 5.97 Å². The van der Waals surface area contributed by atoms with Crippen molar-refractivity contribution in [3.05, 3.63) is 29.3 Å². The Bertz CT molecular complexity index is 589. The molecule has 6 heteroatoms. The van der Waals surface area contributed by atoms with Crippen LogP contribution in [0.4, 0.5) is 5.69 Å². The number of hydrogen-bond acceptors (Lipinski definition) is 4. The molecule has 22 heavy (non-hydrogen) atoms. The summed E-state index contributed by atoms with van der Waals surface area (Å²) in [6, 6.07) is 6.53. The molecule has 1 saturated heterocycles. The van der Waals surface area contributed by atoms with E-state index in [0.29, 0.717) is 23.9 Å². The quantitative estimate of drug-likeness (QED) is 0.842. The van der Waals surface area contributed by atoms with E-state index < -0.39 is 0 Å². The van der Waals surface area contributed by atoms with E-state index in [1.54, 1.807) is 17.0 Å². The molecule has 1 aliphatic carbocycles. The lowest BCUT2D eigenvalue weighted by atomic mass is 10.1. The van der Waals surface area contributed by atoms with Gasteiger partial charge in [0.15, 0.2) is 0 Å². The molecular formula is C16H19ClN2O3. The van der Waals surface area contributed by atoms with Gasteiger partial charge in [0.2, 0.25) is 5.91 Å². The molecule has 118 valence electrons. The Labute approximate surface area is 134 Å². The van der Waals surface area contributed by atoms with Crippen molar-refractivity contribution >= 4 is 29.2 Å². The minimum atomic E-state index is -0.377. The van der Waals surface area contributed by atoms with Crippen LogP contribution in [0, 0.1) is 5.92 Å². The maximum Gasteiger partial charge on any atom is 0.323 e. The Kier molecular flexibility index (Phi) is 4.36. The van der Waals surface area contributed by atoms with Crippen LogP contribution in [0.1, 0.15) is 19.3 Å². The lowest BCUT2D eigenvalue weighted by Gasteiger charge is -2.21. The molecule has 1 heterocycles. The third kappa shape index (κ3) is 3.10. The standard InChI is InChI=1S/C16H19ClN2O3/c1-22-16(21)14(10-5-6-10)18-13-7-8-19(15(13)20)12-4-2-3-11(17)9-12/h2-4,9-10,13-14,18H,5-8H2,1H3/t13-,14-/m0/s1. The van der Waals surface area contributed by atoms with E-state index in [0.717, 1.165) is 18.5 Å². The zero-order valence-corrected chi connectivity index (χ0v) is 13.2. The van der Waals surface area contributed by atoms with Gasteiger partial charge in [0.1, 0.15) is 6.04 Å². The van der Waals surface area contributed by atoms with Gasteiger partial charge in [-0.25, -0.2) is 0 Å².